The van der Waals surface area contributed by atoms with Gasteiger partial charge in [0.2, 0.25) is 5.91 Å². The average Bonchev–Trinajstić information content (AvgIpc) is 2.56. The summed E-state index contributed by atoms with van der Waals surface area (Å²) < 4.78 is 13.0. The lowest BCUT2D eigenvalue weighted by Gasteiger charge is -2.11. The molecule has 3 aromatic rings. The van der Waals surface area contributed by atoms with Gasteiger partial charge < -0.3 is 16.0 Å². The molecule has 0 aliphatic rings. The van der Waals surface area contributed by atoms with Crippen molar-refractivity contribution in [2.75, 3.05) is 16.0 Å². The molecule has 3 rings (SSSR count). The van der Waals surface area contributed by atoms with Gasteiger partial charge in [0.15, 0.2) is 0 Å². The van der Waals surface area contributed by atoms with Crippen molar-refractivity contribution in [3.8, 4) is 0 Å². The molecular weight excluding hydrogens is 333 g/mol. The topological polar surface area (TPSA) is 78.9 Å². The van der Waals surface area contributed by atoms with Gasteiger partial charge in [0.05, 0.1) is 0 Å². The number of carbonyl (C=O) groups excluding carboxylic acids is 1. The van der Waals surface area contributed by atoms with Crippen LogP contribution in [0.25, 0.3) is 0 Å². The smallest absolute Gasteiger partial charge is 0.221 e. The zero-order valence-corrected chi connectivity index (χ0v) is 14.4. The summed E-state index contributed by atoms with van der Waals surface area (Å²) in [6.07, 6.45) is 0. The van der Waals surface area contributed by atoms with Gasteiger partial charge in [-0.05, 0) is 49.4 Å². The molecule has 0 spiro atoms. The second-order valence-electron chi connectivity index (χ2n) is 5.70. The lowest BCUT2D eigenvalue weighted by atomic mass is 10.2. The van der Waals surface area contributed by atoms with Crippen LogP contribution in [0, 0.1) is 12.7 Å². The molecule has 0 atom stereocenters. The number of nitrogens with one attached hydrogen (secondary N) is 3. The molecule has 6 nitrogen and oxygen atoms in total. The molecule has 2 aromatic carbocycles. The maximum absolute atomic E-state index is 13.0. The number of carbonyl (C=O) groups is 1. The van der Waals surface area contributed by atoms with Crippen LogP contribution < -0.4 is 16.0 Å². The van der Waals surface area contributed by atoms with Crippen molar-refractivity contribution in [3.63, 3.8) is 0 Å². The van der Waals surface area contributed by atoms with E-state index < -0.39 is 0 Å². The van der Waals surface area contributed by atoms with Crippen LogP contribution in [-0.4, -0.2) is 15.9 Å². The van der Waals surface area contributed by atoms with E-state index in [9.17, 15) is 9.18 Å². The van der Waals surface area contributed by atoms with Crippen molar-refractivity contribution in [1.82, 2.24) is 9.97 Å². The molecule has 0 saturated carbocycles. The molecule has 132 valence electrons. The van der Waals surface area contributed by atoms with Crippen LogP contribution in [0.1, 0.15) is 12.7 Å². The normalized spacial score (nSPS) is 10.3. The van der Waals surface area contributed by atoms with Crippen LogP contribution in [0.2, 0.25) is 0 Å². The predicted molar refractivity (Wildman–Crippen MR) is 100 cm³/mol. The second-order valence-corrected chi connectivity index (χ2v) is 5.70. The van der Waals surface area contributed by atoms with E-state index in [0.717, 1.165) is 11.4 Å². The van der Waals surface area contributed by atoms with Crippen LogP contribution in [0.3, 0.4) is 0 Å². The quantitative estimate of drug-likeness (QED) is 0.636. The largest absolute Gasteiger partial charge is 0.340 e. The zero-order valence-electron chi connectivity index (χ0n) is 14.4. The first-order valence-corrected chi connectivity index (χ1v) is 8.01. The minimum Gasteiger partial charge on any atom is -0.340 e. The first-order valence-electron chi connectivity index (χ1n) is 8.01. The molecule has 0 saturated heterocycles. The van der Waals surface area contributed by atoms with Gasteiger partial charge in [-0.2, -0.15) is 0 Å². The summed E-state index contributed by atoms with van der Waals surface area (Å²) in [5.41, 5.74) is 2.20. The van der Waals surface area contributed by atoms with E-state index in [1.165, 1.54) is 19.1 Å². The number of halogens is 1. The highest BCUT2D eigenvalue weighted by atomic mass is 19.1. The second kappa shape index (κ2) is 7.60. The zero-order chi connectivity index (χ0) is 18.5. The minimum absolute atomic E-state index is 0.134. The van der Waals surface area contributed by atoms with Gasteiger partial charge in [-0.25, -0.2) is 14.4 Å². The molecule has 0 aliphatic carbocycles. The molecule has 26 heavy (non-hydrogen) atoms. The molecule has 0 radical (unpaired) electrons. The number of hydrogen-bond acceptors (Lipinski definition) is 5. The summed E-state index contributed by atoms with van der Waals surface area (Å²) in [7, 11) is 0. The Labute approximate surface area is 150 Å². The first kappa shape index (κ1) is 17.3. The number of anilines is 5. The first-order chi connectivity index (χ1) is 12.5. The fourth-order valence-corrected chi connectivity index (χ4v) is 2.40. The van der Waals surface area contributed by atoms with Crippen molar-refractivity contribution < 1.29 is 9.18 Å². The highest BCUT2D eigenvalue weighted by Crippen LogP contribution is 2.22. The van der Waals surface area contributed by atoms with Crippen LogP contribution in [0.4, 0.5) is 33.1 Å². The van der Waals surface area contributed by atoms with E-state index in [0.29, 0.717) is 23.1 Å². The average molecular weight is 351 g/mol. The Morgan fingerprint density at radius 3 is 2.15 bits per heavy atom. The molecule has 3 N–H and O–H groups in total. The summed E-state index contributed by atoms with van der Waals surface area (Å²) in [6, 6.07) is 15.1. The van der Waals surface area contributed by atoms with Gasteiger partial charge in [-0.3, -0.25) is 4.79 Å². The summed E-state index contributed by atoms with van der Waals surface area (Å²) in [6.45, 7) is 3.25. The molecule has 1 heterocycles. The number of hydrogen-bond donors (Lipinski definition) is 3. The number of aryl methyl sites for hydroxylation is 1. The van der Waals surface area contributed by atoms with Crippen molar-refractivity contribution in [2.24, 2.45) is 0 Å². The van der Waals surface area contributed by atoms with Gasteiger partial charge >= 0.3 is 0 Å². The Kier molecular flexibility index (Phi) is 5.07. The summed E-state index contributed by atoms with van der Waals surface area (Å²) in [5.74, 6) is 1.34. The van der Waals surface area contributed by atoms with Gasteiger partial charge in [0, 0.05) is 30.1 Å². The summed E-state index contributed by atoms with van der Waals surface area (Å²) in [4.78, 5) is 19.9. The molecule has 1 aromatic heterocycles. The summed E-state index contributed by atoms with van der Waals surface area (Å²) in [5, 5.41) is 9.05. The maximum Gasteiger partial charge on any atom is 0.221 e. The SMILES string of the molecule is CC(=O)Nc1cccc(Nc2cc(Nc3ccc(F)cc3)nc(C)n2)c1. The van der Waals surface area contributed by atoms with Gasteiger partial charge in [-0.1, -0.05) is 6.07 Å². The molecule has 0 aliphatic heterocycles. The van der Waals surface area contributed by atoms with Gasteiger partial charge in [0.1, 0.15) is 23.3 Å². The Morgan fingerprint density at radius 2 is 1.50 bits per heavy atom. The predicted octanol–water partition coefficient (Wildman–Crippen LogP) is 4.37. The lowest BCUT2D eigenvalue weighted by Crippen LogP contribution is -2.06. The van der Waals surface area contributed by atoms with Crippen LogP contribution in [-0.2, 0) is 4.79 Å². The molecule has 0 unspecified atom stereocenters. The van der Waals surface area contributed by atoms with Crippen molar-refractivity contribution >= 4 is 34.6 Å². The monoisotopic (exact) mass is 351 g/mol. The van der Waals surface area contributed by atoms with Crippen molar-refractivity contribution in [1.29, 1.82) is 0 Å². The van der Waals surface area contributed by atoms with E-state index in [2.05, 4.69) is 25.9 Å². The molecule has 7 heteroatoms. The maximum atomic E-state index is 13.0. The lowest BCUT2D eigenvalue weighted by molar-refractivity contribution is -0.114. The highest BCUT2D eigenvalue weighted by Gasteiger charge is 2.05. The fourth-order valence-electron chi connectivity index (χ4n) is 2.40. The van der Waals surface area contributed by atoms with E-state index in [1.54, 1.807) is 31.2 Å². The third-order valence-electron chi connectivity index (χ3n) is 3.41. The van der Waals surface area contributed by atoms with Crippen LogP contribution in [0.15, 0.2) is 54.6 Å². The Balaban J connectivity index is 1.79. The van der Waals surface area contributed by atoms with E-state index in [-0.39, 0.29) is 11.7 Å². The number of benzene rings is 2. The van der Waals surface area contributed by atoms with Crippen LogP contribution >= 0.6 is 0 Å². The Morgan fingerprint density at radius 1 is 0.885 bits per heavy atom. The van der Waals surface area contributed by atoms with Crippen LogP contribution in [0.5, 0.6) is 0 Å². The minimum atomic E-state index is -0.296. The third kappa shape index (κ3) is 4.76. The number of nitrogens with zero attached hydrogens (tertiary/aromatic N) is 2. The van der Waals surface area contributed by atoms with E-state index in [4.69, 9.17) is 0 Å². The standard InChI is InChI=1S/C19H18FN5O/c1-12-21-18(24-15-8-6-14(20)7-9-15)11-19(22-12)25-17-5-3-4-16(10-17)23-13(2)26/h3-11H,1-2H3,(H,23,26)(H2,21,22,24,25). The van der Waals surface area contributed by atoms with E-state index >= 15 is 0 Å². The Bertz CT molecular complexity index is 927. The third-order valence-corrected chi connectivity index (χ3v) is 3.41. The number of amides is 1. The summed E-state index contributed by atoms with van der Waals surface area (Å²) >= 11 is 0. The molecular formula is C19H18FN5O. The Hall–Kier alpha value is -3.48. The van der Waals surface area contributed by atoms with Gasteiger partial charge in [0.25, 0.3) is 0 Å². The van der Waals surface area contributed by atoms with Crippen molar-refractivity contribution in [3.05, 3.63) is 66.2 Å². The molecule has 0 bridgehead atoms. The van der Waals surface area contributed by atoms with Gasteiger partial charge in [-0.15, -0.1) is 0 Å². The van der Waals surface area contributed by atoms with Crippen molar-refractivity contribution in [2.45, 2.75) is 13.8 Å². The molecule has 1 amide bonds. The molecule has 0 fully saturated rings. The van der Waals surface area contributed by atoms with E-state index in [1.807, 2.05) is 18.2 Å². The number of aromatic nitrogens is 2. The highest BCUT2D eigenvalue weighted by molar-refractivity contribution is 5.89. The number of rotatable bonds is 5. The fraction of sp³-hybridized carbons (Fsp3) is 0.105.